The minimum atomic E-state index is -0.931. The number of carbonyl (C=O) groups excluding carboxylic acids is 3. The lowest BCUT2D eigenvalue weighted by Crippen LogP contribution is -2.60. The van der Waals surface area contributed by atoms with Gasteiger partial charge in [0.2, 0.25) is 6.10 Å². The molecule has 1 fully saturated rings. The van der Waals surface area contributed by atoms with Crippen molar-refractivity contribution in [2.45, 2.75) is 26.0 Å². The number of benzene rings is 1. The molecule has 0 N–H and O–H groups in total. The van der Waals surface area contributed by atoms with Crippen LogP contribution in [0.1, 0.15) is 25.5 Å². The lowest BCUT2D eigenvalue weighted by molar-refractivity contribution is -0.180. The average Bonchev–Trinajstić information content (AvgIpc) is 2.53. The fraction of sp³-hybridized carbons (Fsp3) is 0.312. The predicted molar refractivity (Wildman–Crippen MR) is 77.4 cm³/mol. The number of hydrogen-bond acceptors (Lipinski definition) is 5. The maximum Gasteiger partial charge on any atom is 0.354 e. The molecule has 0 aliphatic carbocycles. The van der Waals surface area contributed by atoms with Crippen LogP contribution < -0.4 is 0 Å². The summed E-state index contributed by atoms with van der Waals surface area (Å²) in [5, 5.41) is 0. The van der Waals surface area contributed by atoms with Crippen molar-refractivity contribution in [3.8, 4) is 0 Å². The Hall–Kier alpha value is -2.63. The van der Waals surface area contributed by atoms with Gasteiger partial charge in [-0.05, 0) is 12.5 Å². The van der Waals surface area contributed by atoms with Gasteiger partial charge in [-0.2, -0.15) is 0 Å². The number of allylic oxidation sites excluding steroid dienone is 1. The highest BCUT2D eigenvalue weighted by atomic mass is 16.6. The summed E-state index contributed by atoms with van der Waals surface area (Å²) >= 11 is 0. The minimum absolute atomic E-state index is 0.129. The zero-order valence-corrected chi connectivity index (χ0v) is 12.6. The van der Waals surface area contributed by atoms with Crippen LogP contribution in [0.2, 0.25) is 0 Å². The SMILES string of the molecule is CC=C(C(=O)OC)N1C(=O)[C@H](OC(C)=O)[C@@H]1c1ccccc1. The normalized spacial score (nSPS) is 21.1. The van der Waals surface area contributed by atoms with E-state index in [0.29, 0.717) is 0 Å². The molecule has 1 aromatic rings. The molecular formula is C16H17NO5. The number of likely N-dealkylation sites (tertiary alicyclic amines) is 1. The molecule has 2 atom stereocenters. The Morgan fingerprint density at radius 3 is 2.36 bits per heavy atom. The molecule has 0 aromatic heterocycles. The maximum absolute atomic E-state index is 12.3. The molecule has 1 saturated heterocycles. The van der Waals surface area contributed by atoms with Crippen LogP contribution in [-0.4, -0.2) is 36.0 Å². The summed E-state index contributed by atoms with van der Waals surface area (Å²) in [6.45, 7) is 2.88. The van der Waals surface area contributed by atoms with E-state index in [4.69, 9.17) is 9.47 Å². The van der Waals surface area contributed by atoms with Gasteiger partial charge in [0.25, 0.3) is 5.91 Å². The molecule has 6 heteroatoms. The summed E-state index contributed by atoms with van der Waals surface area (Å²) < 4.78 is 9.79. The number of esters is 2. The topological polar surface area (TPSA) is 72.9 Å². The monoisotopic (exact) mass is 303 g/mol. The Labute approximate surface area is 128 Å². The number of nitrogens with zero attached hydrogens (tertiary/aromatic N) is 1. The molecule has 116 valence electrons. The Kier molecular flexibility index (Phi) is 4.60. The molecule has 22 heavy (non-hydrogen) atoms. The molecule has 1 amide bonds. The molecule has 2 rings (SSSR count). The van der Waals surface area contributed by atoms with Crippen LogP contribution in [0, 0.1) is 0 Å². The molecule has 1 aliphatic rings. The summed E-state index contributed by atoms with van der Waals surface area (Å²) in [4.78, 5) is 36.6. The summed E-state index contributed by atoms with van der Waals surface area (Å²) in [5.74, 6) is -1.60. The molecule has 0 radical (unpaired) electrons. The quantitative estimate of drug-likeness (QED) is 0.480. The van der Waals surface area contributed by atoms with Crippen molar-refractivity contribution >= 4 is 17.8 Å². The Balaban J connectivity index is 2.38. The van der Waals surface area contributed by atoms with E-state index in [9.17, 15) is 14.4 Å². The number of hydrogen-bond donors (Lipinski definition) is 0. The van der Waals surface area contributed by atoms with Crippen LogP contribution in [0.15, 0.2) is 42.1 Å². The van der Waals surface area contributed by atoms with Crippen molar-refractivity contribution in [2.24, 2.45) is 0 Å². The number of amides is 1. The van der Waals surface area contributed by atoms with E-state index in [1.165, 1.54) is 25.0 Å². The van der Waals surface area contributed by atoms with Gasteiger partial charge < -0.3 is 9.47 Å². The highest BCUT2D eigenvalue weighted by Crippen LogP contribution is 2.40. The van der Waals surface area contributed by atoms with Gasteiger partial charge in [-0.3, -0.25) is 14.5 Å². The zero-order valence-electron chi connectivity index (χ0n) is 12.6. The molecular weight excluding hydrogens is 286 g/mol. The molecule has 1 aliphatic heterocycles. The number of rotatable bonds is 4. The van der Waals surface area contributed by atoms with E-state index in [2.05, 4.69) is 0 Å². The van der Waals surface area contributed by atoms with Gasteiger partial charge in [0.15, 0.2) is 0 Å². The highest BCUT2D eigenvalue weighted by molar-refractivity contribution is 6.00. The smallest absolute Gasteiger partial charge is 0.354 e. The predicted octanol–water partition coefficient (Wildman–Crippen LogP) is 1.58. The van der Waals surface area contributed by atoms with Gasteiger partial charge in [-0.1, -0.05) is 36.4 Å². The summed E-state index contributed by atoms with van der Waals surface area (Å²) in [7, 11) is 1.25. The van der Waals surface area contributed by atoms with Gasteiger partial charge in [-0.25, -0.2) is 4.79 Å². The molecule has 1 heterocycles. The van der Waals surface area contributed by atoms with Crippen LogP contribution >= 0.6 is 0 Å². The van der Waals surface area contributed by atoms with E-state index >= 15 is 0 Å². The number of methoxy groups -OCH3 is 1. The van der Waals surface area contributed by atoms with E-state index in [1.54, 1.807) is 6.92 Å². The molecule has 0 bridgehead atoms. The van der Waals surface area contributed by atoms with Crippen molar-refractivity contribution < 1.29 is 23.9 Å². The molecule has 6 nitrogen and oxygen atoms in total. The van der Waals surface area contributed by atoms with E-state index in [0.717, 1.165) is 5.56 Å². The van der Waals surface area contributed by atoms with Crippen molar-refractivity contribution in [1.29, 1.82) is 0 Å². The second kappa shape index (κ2) is 6.43. The highest BCUT2D eigenvalue weighted by Gasteiger charge is 2.53. The average molecular weight is 303 g/mol. The first-order valence-corrected chi connectivity index (χ1v) is 6.81. The standard InChI is InChI=1S/C16H17NO5/c1-4-12(16(20)21-3)17-13(11-8-6-5-7-9-11)14(15(17)19)22-10(2)18/h4-9,13-14H,1-3H3/t13-,14+/m0/s1. The Morgan fingerprint density at radius 2 is 1.86 bits per heavy atom. The van der Waals surface area contributed by atoms with E-state index in [-0.39, 0.29) is 5.70 Å². The Morgan fingerprint density at radius 1 is 1.23 bits per heavy atom. The first kappa shape index (κ1) is 15.8. The van der Waals surface area contributed by atoms with E-state index < -0.39 is 30.0 Å². The van der Waals surface area contributed by atoms with Gasteiger partial charge in [0.1, 0.15) is 11.7 Å². The second-order valence-corrected chi connectivity index (χ2v) is 4.76. The van der Waals surface area contributed by atoms with Crippen LogP contribution in [0.3, 0.4) is 0 Å². The number of carbonyl (C=O) groups is 3. The van der Waals surface area contributed by atoms with Gasteiger partial charge in [-0.15, -0.1) is 0 Å². The van der Waals surface area contributed by atoms with Crippen molar-refractivity contribution in [3.63, 3.8) is 0 Å². The second-order valence-electron chi connectivity index (χ2n) is 4.76. The van der Waals surface area contributed by atoms with E-state index in [1.807, 2.05) is 30.3 Å². The fourth-order valence-electron chi connectivity index (χ4n) is 2.46. The minimum Gasteiger partial charge on any atom is -0.464 e. The third-order valence-corrected chi connectivity index (χ3v) is 3.41. The first-order chi connectivity index (χ1) is 10.5. The third-order valence-electron chi connectivity index (χ3n) is 3.41. The van der Waals surface area contributed by atoms with Crippen LogP contribution in [0.5, 0.6) is 0 Å². The lowest BCUT2D eigenvalue weighted by atomic mass is 9.89. The van der Waals surface area contributed by atoms with Crippen molar-refractivity contribution in [2.75, 3.05) is 7.11 Å². The molecule has 0 saturated carbocycles. The summed E-state index contributed by atoms with van der Waals surface area (Å²) in [6, 6.07) is 8.55. The number of β-lactam (4-membered cyclic amide) rings is 1. The van der Waals surface area contributed by atoms with Crippen molar-refractivity contribution in [3.05, 3.63) is 47.7 Å². The van der Waals surface area contributed by atoms with Gasteiger partial charge in [0.05, 0.1) is 7.11 Å². The zero-order chi connectivity index (χ0) is 16.3. The molecule has 0 spiro atoms. The lowest BCUT2D eigenvalue weighted by Gasteiger charge is -2.46. The van der Waals surface area contributed by atoms with Crippen molar-refractivity contribution in [1.82, 2.24) is 4.90 Å². The van der Waals surface area contributed by atoms with Gasteiger partial charge in [0, 0.05) is 6.92 Å². The number of ether oxygens (including phenoxy) is 2. The Bertz CT molecular complexity index is 623. The molecule has 0 unspecified atom stereocenters. The van der Waals surface area contributed by atoms with Crippen LogP contribution in [0.4, 0.5) is 0 Å². The van der Waals surface area contributed by atoms with Crippen LogP contribution in [-0.2, 0) is 23.9 Å². The molecule has 1 aromatic carbocycles. The maximum atomic E-state index is 12.3. The van der Waals surface area contributed by atoms with Gasteiger partial charge >= 0.3 is 11.9 Å². The summed E-state index contributed by atoms with van der Waals surface area (Å²) in [5.41, 5.74) is 0.904. The first-order valence-electron chi connectivity index (χ1n) is 6.81. The fourth-order valence-corrected chi connectivity index (χ4v) is 2.46. The summed E-state index contributed by atoms with van der Waals surface area (Å²) in [6.07, 6.45) is 0.573. The largest absolute Gasteiger partial charge is 0.464 e. The third kappa shape index (κ3) is 2.72. The van der Waals surface area contributed by atoms with Crippen LogP contribution in [0.25, 0.3) is 0 Å².